The largest absolute Gasteiger partial charge is 0.491 e. The number of urea groups is 1. The van der Waals surface area contributed by atoms with Crippen molar-refractivity contribution in [1.29, 1.82) is 5.41 Å². The zero-order valence-corrected chi connectivity index (χ0v) is 19.6. The van der Waals surface area contributed by atoms with E-state index in [0.29, 0.717) is 24.3 Å². The maximum Gasteiger partial charge on any atom is 0.324 e. The quantitative estimate of drug-likeness (QED) is 0.311. The number of likely N-dealkylation sites (tertiary alicyclic amines) is 1. The number of hydrogen-bond donors (Lipinski definition) is 3. The number of nitrogens with two attached hydrogens (primary N) is 1. The molecular weight excluding hydrogens is 436 g/mol. The van der Waals surface area contributed by atoms with Crippen molar-refractivity contribution < 1.29 is 23.9 Å². The van der Waals surface area contributed by atoms with E-state index in [0.717, 1.165) is 16.0 Å². The highest BCUT2D eigenvalue weighted by molar-refractivity contribution is 6.01. The van der Waals surface area contributed by atoms with E-state index in [-0.39, 0.29) is 18.9 Å². The first kappa shape index (κ1) is 24.8. The molecule has 3 rings (SSSR count). The van der Waals surface area contributed by atoms with Crippen LogP contribution in [-0.4, -0.2) is 54.9 Å². The van der Waals surface area contributed by atoms with Crippen LogP contribution in [0.4, 0.5) is 4.79 Å². The maximum absolute atomic E-state index is 13.1. The van der Waals surface area contributed by atoms with E-state index < -0.39 is 29.4 Å². The summed E-state index contributed by atoms with van der Waals surface area (Å²) in [5.41, 5.74) is 7.06. The van der Waals surface area contributed by atoms with E-state index >= 15 is 0 Å². The van der Waals surface area contributed by atoms with Gasteiger partial charge in [0.15, 0.2) is 0 Å². The maximum atomic E-state index is 13.1. The van der Waals surface area contributed by atoms with Crippen LogP contribution in [0.25, 0.3) is 11.1 Å². The molecule has 0 aromatic heterocycles. The Balaban J connectivity index is 1.71. The SMILES string of the molecule is CCNC(=O)N1C(=O)[C@](C)(CC(=O)OC)C[C@H]1COc1ccc(-c2ccc(C(=N)N)cc2)cc1. The molecule has 0 bridgehead atoms. The fourth-order valence-corrected chi connectivity index (χ4v) is 4.10. The summed E-state index contributed by atoms with van der Waals surface area (Å²) in [7, 11) is 1.27. The number of rotatable bonds is 8. The lowest BCUT2D eigenvalue weighted by molar-refractivity contribution is -0.147. The minimum Gasteiger partial charge on any atom is -0.491 e. The summed E-state index contributed by atoms with van der Waals surface area (Å²) < 4.78 is 10.7. The molecule has 9 heteroatoms. The lowest BCUT2D eigenvalue weighted by atomic mass is 9.84. The fraction of sp³-hybridized carbons (Fsp3) is 0.360. The van der Waals surface area contributed by atoms with Crippen molar-refractivity contribution in [2.75, 3.05) is 20.3 Å². The topological polar surface area (TPSA) is 135 Å². The van der Waals surface area contributed by atoms with E-state index in [1.807, 2.05) is 36.4 Å². The number of imide groups is 1. The van der Waals surface area contributed by atoms with Gasteiger partial charge < -0.3 is 20.5 Å². The Bertz CT molecular complexity index is 1070. The third-order valence-electron chi connectivity index (χ3n) is 5.92. The predicted molar refractivity (Wildman–Crippen MR) is 127 cm³/mol. The number of hydrogen-bond acceptors (Lipinski definition) is 6. The van der Waals surface area contributed by atoms with Crippen LogP contribution >= 0.6 is 0 Å². The molecule has 2 aromatic rings. The molecule has 4 N–H and O–H groups in total. The van der Waals surface area contributed by atoms with Crippen LogP contribution in [0.3, 0.4) is 0 Å². The second kappa shape index (κ2) is 10.4. The van der Waals surface area contributed by atoms with Crippen LogP contribution in [0.1, 0.15) is 32.3 Å². The molecule has 2 atom stereocenters. The fourth-order valence-electron chi connectivity index (χ4n) is 4.10. The van der Waals surface area contributed by atoms with Crippen molar-refractivity contribution in [1.82, 2.24) is 10.2 Å². The molecule has 1 aliphatic rings. The number of nitrogen functional groups attached to an aromatic ring is 1. The number of ether oxygens (including phenoxy) is 2. The average molecular weight is 467 g/mol. The molecule has 1 saturated heterocycles. The second-order valence-corrected chi connectivity index (χ2v) is 8.51. The second-order valence-electron chi connectivity index (χ2n) is 8.51. The molecule has 0 saturated carbocycles. The Morgan fingerprint density at radius 3 is 2.26 bits per heavy atom. The molecule has 0 spiro atoms. The summed E-state index contributed by atoms with van der Waals surface area (Å²) in [5, 5.41) is 10.1. The number of nitrogens with one attached hydrogen (secondary N) is 2. The molecule has 1 fully saturated rings. The van der Waals surface area contributed by atoms with Gasteiger partial charge in [0.25, 0.3) is 0 Å². The van der Waals surface area contributed by atoms with Gasteiger partial charge in [-0.15, -0.1) is 0 Å². The van der Waals surface area contributed by atoms with Gasteiger partial charge in [-0.05, 0) is 36.6 Å². The summed E-state index contributed by atoms with van der Waals surface area (Å²) in [5.74, 6) is -0.305. The first-order chi connectivity index (χ1) is 16.2. The van der Waals surface area contributed by atoms with E-state index in [1.54, 1.807) is 26.0 Å². The highest BCUT2D eigenvalue weighted by Gasteiger charge is 2.52. The number of amides is 3. The van der Waals surface area contributed by atoms with Crippen molar-refractivity contribution in [2.24, 2.45) is 11.1 Å². The predicted octanol–water partition coefficient (Wildman–Crippen LogP) is 2.92. The molecule has 2 aromatic carbocycles. The molecule has 0 unspecified atom stereocenters. The third kappa shape index (κ3) is 5.36. The van der Waals surface area contributed by atoms with Crippen molar-refractivity contribution in [3.63, 3.8) is 0 Å². The first-order valence-electron chi connectivity index (χ1n) is 11.0. The average Bonchev–Trinajstić information content (AvgIpc) is 3.07. The Kier molecular flexibility index (Phi) is 7.55. The number of nitrogens with zero attached hydrogens (tertiary/aromatic N) is 1. The standard InChI is InChI=1S/C25H30N4O5/c1-4-28-24(32)29-19(13-25(2,23(29)31)14-21(30)33-3)15-34-20-11-9-17(10-12-20)16-5-7-18(8-6-16)22(26)27/h5-12,19H,4,13-15H2,1-3H3,(H3,26,27)(H,28,32)/t19-,25-/m0/s1. The lowest BCUT2D eigenvalue weighted by Crippen LogP contribution is -2.48. The molecule has 3 amide bonds. The van der Waals surface area contributed by atoms with E-state index in [9.17, 15) is 14.4 Å². The van der Waals surface area contributed by atoms with Crippen LogP contribution in [0.5, 0.6) is 5.75 Å². The summed E-state index contributed by atoms with van der Waals surface area (Å²) in [6.07, 6.45) is 0.185. The summed E-state index contributed by atoms with van der Waals surface area (Å²) >= 11 is 0. The molecule has 0 radical (unpaired) electrons. The van der Waals surface area contributed by atoms with Gasteiger partial charge in [0, 0.05) is 12.1 Å². The van der Waals surface area contributed by atoms with Gasteiger partial charge in [-0.2, -0.15) is 0 Å². The molecule has 1 heterocycles. The zero-order valence-electron chi connectivity index (χ0n) is 19.6. The van der Waals surface area contributed by atoms with Gasteiger partial charge in [0.2, 0.25) is 5.91 Å². The molecule has 0 aliphatic carbocycles. The number of carbonyl (C=O) groups is 3. The first-order valence-corrected chi connectivity index (χ1v) is 11.0. The van der Waals surface area contributed by atoms with Crippen LogP contribution in [0.2, 0.25) is 0 Å². The molecular formula is C25H30N4O5. The zero-order chi connectivity index (χ0) is 24.9. The molecule has 1 aliphatic heterocycles. The summed E-state index contributed by atoms with van der Waals surface area (Å²) in [4.78, 5) is 38.7. The molecule has 9 nitrogen and oxygen atoms in total. The highest BCUT2D eigenvalue weighted by atomic mass is 16.5. The monoisotopic (exact) mass is 466 g/mol. The summed E-state index contributed by atoms with van der Waals surface area (Å²) in [6, 6.07) is 13.8. The van der Waals surface area contributed by atoms with Crippen LogP contribution in [0.15, 0.2) is 48.5 Å². The van der Waals surface area contributed by atoms with Crippen LogP contribution < -0.4 is 15.8 Å². The van der Waals surface area contributed by atoms with Gasteiger partial charge in [-0.3, -0.25) is 19.9 Å². The number of carbonyl (C=O) groups excluding carboxylic acids is 3. The van der Waals surface area contributed by atoms with Gasteiger partial charge in [0.05, 0.1) is 25.0 Å². The smallest absolute Gasteiger partial charge is 0.324 e. The van der Waals surface area contributed by atoms with Gasteiger partial charge in [-0.1, -0.05) is 43.3 Å². The Morgan fingerprint density at radius 1 is 1.15 bits per heavy atom. The normalized spacial score (nSPS) is 19.6. The minimum atomic E-state index is -1.04. The van der Waals surface area contributed by atoms with Crippen molar-refractivity contribution in [2.45, 2.75) is 32.7 Å². The van der Waals surface area contributed by atoms with Crippen molar-refractivity contribution in [3.8, 4) is 16.9 Å². The van der Waals surface area contributed by atoms with Gasteiger partial charge >= 0.3 is 12.0 Å². The number of amidine groups is 1. The van der Waals surface area contributed by atoms with Crippen LogP contribution in [-0.2, 0) is 14.3 Å². The van der Waals surface area contributed by atoms with Gasteiger partial charge in [-0.25, -0.2) is 4.79 Å². The molecule has 34 heavy (non-hydrogen) atoms. The third-order valence-corrected chi connectivity index (χ3v) is 5.92. The number of benzene rings is 2. The van der Waals surface area contributed by atoms with Crippen molar-refractivity contribution in [3.05, 3.63) is 54.1 Å². The van der Waals surface area contributed by atoms with E-state index in [4.69, 9.17) is 20.6 Å². The number of methoxy groups -OCH3 is 1. The van der Waals surface area contributed by atoms with Gasteiger partial charge in [0.1, 0.15) is 18.2 Å². The van der Waals surface area contributed by atoms with E-state index in [2.05, 4.69) is 5.32 Å². The Hall–Kier alpha value is -3.88. The Labute approximate surface area is 198 Å². The van der Waals surface area contributed by atoms with E-state index in [1.165, 1.54) is 7.11 Å². The summed E-state index contributed by atoms with van der Waals surface area (Å²) in [6.45, 7) is 3.92. The number of esters is 1. The Morgan fingerprint density at radius 2 is 1.74 bits per heavy atom. The minimum absolute atomic E-state index is 0.0186. The van der Waals surface area contributed by atoms with Crippen LogP contribution in [0, 0.1) is 10.8 Å². The van der Waals surface area contributed by atoms with Crippen molar-refractivity contribution >= 4 is 23.7 Å². The molecule has 180 valence electrons. The highest BCUT2D eigenvalue weighted by Crippen LogP contribution is 2.39. The lowest BCUT2D eigenvalue weighted by Gasteiger charge is -2.23.